The SMILES string of the molecule is [OH2+]c1c(C(=C\Cc2ccccc2)/C=C/C2=C(c3ccccc3)C(=C/C=C3\C=[C]([Pb])Oc4c3cc3c5c4CCCN5CCC3)/CCC2)cc2c3c1CCCN3CCC2. The summed E-state index contributed by atoms with van der Waals surface area (Å²) in [5.74, 6) is 1.85. The largest absolute Gasteiger partial charge is 0.371 e. The predicted molar refractivity (Wildman–Crippen MR) is 239 cm³/mol. The van der Waals surface area contributed by atoms with E-state index in [0.29, 0.717) is 0 Å². The molecular weight excluding hydrogens is 892 g/mol. The van der Waals surface area contributed by atoms with Crippen molar-refractivity contribution in [3.8, 4) is 11.5 Å². The fourth-order valence-electron chi connectivity index (χ4n) is 10.5. The Morgan fingerprint density at radius 1 is 0.719 bits per heavy atom. The topological polar surface area (TPSA) is 38.6 Å². The molecule has 0 bridgehead atoms. The van der Waals surface area contributed by atoms with Crippen molar-refractivity contribution >= 4 is 53.9 Å². The minimum atomic E-state index is 0.726. The van der Waals surface area contributed by atoms with Gasteiger partial charge in [-0.25, -0.2) is 0 Å². The molecule has 0 unspecified atom stereocenters. The van der Waals surface area contributed by atoms with E-state index in [1.54, 1.807) is 0 Å². The zero-order valence-electron chi connectivity index (χ0n) is 33.0. The molecule has 3 radical (unpaired) electrons. The van der Waals surface area contributed by atoms with Crippen molar-refractivity contribution in [2.24, 2.45) is 0 Å². The second-order valence-corrected chi connectivity index (χ2v) is 18.6. The van der Waals surface area contributed by atoms with Gasteiger partial charge in [0, 0.05) is 13.1 Å². The molecule has 5 aliphatic heterocycles. The summed E-state index contributed by atoms with van der Waals surface area (Å²) in [4.78, 5) is 5.18. The summed E-state index contributed by atoms with van der Waals surface area (Å²) in [6.45, 7) is 4.59. The quantitative estimate of drug-likeness (QED) is 0.105. The maximum absolute atomic E-state index is 9.62. The Morgan fingerprint density at radius 3 is 2.14 bits per heavy atom. The maximum Gasteiger partial charge on any atom is 0.0716 e. The molecule has 4 nitrogen and oxygen atoms in total. The molecule has 2 N–H and O–H groups in total. The molecule has 4 aromatic carbocycles. The van der Waals surface area contributed by atoms with Crippen molar-refractivity contribution in [3.63, 3.8) is 0 Å². The van der Waals surface area contributed by atoms with Crippen molar-refractivity contribution in [2.75, 3.05) is 36.0 Å². The van der Waals surface area contributed by atoms with Gasteiger partial charge in [0.2, 0.25) is 0 Å². The molecule has 10 rings (SSSR count). The van der Waals surface area contributed by atoms with Gasteiger partial charge in [-0.15, -0.1) is 0 Å². The average Bonchev–Trinajstić information content (AvgIpc) is 3.25. The number of anilines is 2. The van der Waals surface area contributed by atoms with E-state index in [-0.39, 0.29) is 0 Å². The fourth-order valence-corrected chi connectivity index (χ4v) is 11.5. The number of benzene rings is 4. The molecule has 5 heterocycles. The van der Waals surface area contributed by atoms with Crippen LogP contribution in [-0.2, 0) is 32.1 Å². The van der Waals surface area contributed by atoms with Crippen LogP contribution in [0.3, 0.4) is 0 Å². The van der Waals surface area contributed by atoms with E-state index in [1.807, 2.05) is 0 Å². The number of hydrogen-bond acceptors (Lipinski definition) is 3. The first-order chi connectivity index (χ1) is 28.1. The Bertz CT molecular complexity index is 2410. The van der Waals surface area contributed by atoms with Crippen LogP contribution in [0.2, 0.25) is 0 Å². The summed E-state index contributed by atoms with van der Waals surface area (Å²) in [6, 6.07) is 26.7. The van der Waals surface area contributed by atoms with Gasteiger partial charge in [0.05, 0.1) is 11.3 Å². The summed E-state index contributed by atoms with van der Waals surface area (Å²) in [5.41, 5.74) is 20.0. The van der Waals surface area contributed by atoms with Crippen LogP contribution < -0.4 is 14.5 Å². The van der Waals surface area contributed by atoms with E-state index in [0.717, 1.165) is 123 Å². The van der Waals surface area contributed by atoms with E-state index >= 15 is 0 Å². The van der Waals surface area contributed by atoms with E-state index in [9.17, 15) is 5.11 Å². The van der Waals surface area contributed by atoms with Gasteiger partial charge in [0.15, 0.2) is 0 Å². The summed E-state index contributed by atoms with van der Waals surface area (Å²) in [7, 11) is 0. The van der Waals surface area contributed by atoms with Crippen molar-refractivity contribution in [2.45, 2.75) is 77.0 Å². The van der Waals surface area contributed by atoms with Crippen LogP contribution in [0.25, 0.3) is 16.7 Å². The molecule has 0 amide bonds. The second kappa shape index (κ2) is 16.0. The summed E-state index contributed by atoms with van der Waals surface area (Å²) >= 11 is 0.879. The monoisotopic (exact) mass is 944 g/mol. The van der Waals surface area contributed by atoms with Crippen LogP contribution in [0.4, 0.5) is 11.4 Å². The van der Waals surface area contributed by atoms with Gasteiger partial charge in [0.1, 0.15) is 0 Å². The number of nitrogens with zero attached hydrogens (tertiary/aromatic N) is 2. The number of allylic oxidation sites excluding steroid dienone is 11. The molecule has 0 saturated heterocycles. The zero-order valence-corrected chi connectivity index (χ0v) is 36.9. The van der Waals surface area contributed by atoms with E-state index < -0.39 is 0 Å². The smallest absolute Gasteiger partial charge is 0.0716 e. The molecular formula is C52H52N2O2Pb+. The minimum absolute atomic E-state index is 0.726. The fraction of sp³-hybridized carbons (Fsp3) is 0.308. The van der Waals surface area contributed by atoms with Crippen molar-refractivity contribution in [3.05, 3.63) is 168 Å². The first-order valence-corrected chi connectivity index (χ1v) is 23.4. The second-order valence-electron chi connectivity index (χ2n) is 16.6. The molecule has 4 aromatic rings. The van der Waals surface area contributed by atoms with Crippen LogP contribution in [0.1, 0.15) is 89.5 Å². The van der Waals surface area contributed by atoms with Crippen LogP contribution >= 0.6 is 0 Å². The molecule has 0 aromatic heterocycles. The Balaban J connectivity index is 1.07. The minimum Gasteiger partial charge on any atom is -0.371 e. The molecule has 0 atom stereocenters. The van der Waals surface area contributed by atoms with Gasteiger partial charge in [-0.2, -0.15) is 0 Å². The molecule has 0 spiro atoms. The molecule has 1 aliphatic carbocycles. The third kappa shape index (κ3) is 7.17. The summed E-state index contributed by atoms with van der Waals surface area (Å²) in [6.07, 6.45) is 27.4. The van der Waals surface area contributed by atoms with Gasteiger partial charge in [0.25, 0.3) is 5.75 Å². The van der Waals surface area contributed by atoms with Crippen LogP contribution in [0.15, 0.2) is 124 Å². The van der Waals surface area contributed by atoms with E-state index in [4.69, 9.17) is 4.74 Å². The Morgan fingerprint density at radius 2 is 1.39 bits per heavy atom. The van der Waals surface area contributed by atoms with Gasteiger partial charge in [-0.1, -0.05) is 30.3 Å². The van der Waals surface area contributed by atoms with Gasteiger partial charge in [-0.3, -0.25) is 0 Å². The standard InChI is InChI=1S/C52H51N2O2.Pb/c55-51-44-20-10-31-53-29-8-18-42(49(44)53)34-46(51)37(23-22-36-12-3-1-4-13-36)24-26-40-16-7-17-41(48(40)39-14-5-2-6-15-39)27-25-38-28-33-56-52-45-21-11-32-54-30-9-19-43(50(45)54)35-47(38)52;/h1-6,12-15,23-28,34-35,55H,7-11,16-22,29-32H2;/p+1/b26-24+,37-23-,38-25+,41-27+;. The summed E-state index contributed by atoms with van der Waals surface area (Å²) < 4.78 is 7.73. The number of aryl methyl sites for hydroxylation is 2. The molecule has 5 heteroatoms. The van der Waals surface area contributed by atoms with Crippen molar-refractivity contribution in [1.82, 2.24) is 0 Å². The number of rotatable bonds is 7. The number of hydrogen-bond donors (Lipinski definition) is 0. The Labute approximate surface area is 354 Å². The molecule has 6 aliphatic rings. The van der Waals surface area contributed by atoms with Crippen LogP contribution in [-0.4, -0.2) is 57.1 Å². The van der Waals surface area contributed by atoms with Gasteiger partial charge >= 0.3 is 237 Å². The maximum atomic E-state index is 9.62. The molecule has 0 fully saturated rings. The normalized spacial score (nSPS) is 20.4. The van der Waals surface area contributed by atoms with Crippen molar-refractivity contribution in [1.29, 1.82) is 0 Å². The Hall–Kier alpha value is -4.56. The third-order valence-corrected chi connectivity index (χ3v) is 14.0. The first-order valence-electron chi connectivity index (χ1n) is 21.4. The van der Waals surface area contributed by atoms with Crippen molar-refractivity contribution < 1.29 is 9.84 Å². The van der Waals surface area contributed by atoms with Crippen LogP contribution in [0.5, 0.6) is 11.5 Å². The van der Waals surface area contributed by atoms with Gasteiger partial charge in [-0.05, 0) is 49.3 Å². The van der Waals surface area contributed by atoms with E-state index in [1.165, 1.54) is 105 Å². The average molecular weight is 944 g/mol. The molecule has 0 saturated carbocycles. The van der Waals surface area contributed by atoms with E-state index in [2.05, 4.69) is 119 Å². The third-order valence-electron chi connectivity index (χ3n) is 13.0. The van der Waals surface area contributed by atoms with Crippen LogP contribution in [0, 0.1) is 0 Å². The number of ether oxygens (including phenoxy) is 1. The molecule has 57 heavy (non-hydrogen) atoms. The first kappa shape index (κ1) is 36.8. The Kier molecular flexibility index (Phi) is 10.3. The zero-order chi connectivity index (χ0) is 38.3. The van der Waals surface area contributed by atoms with Gasteiger partial charge < -0.3 is 10.0 Å². The number of fused-ring (bicyclic) bond motifs is 2. The molecule has 285 valence electrons. The summed E-state index contributed by atoms with van der Waals surface area (Å²) in [5, 5.41) is 9.62. The predicted octanol–water partition coefficient (Wildman–Crippen LogP) is 10.8.